The van der Waals surface area contributed by atoms with Crippen LogP contribution in [0.25, 0.3) is 0 Å². The molecule has 2 heterocycles. The number of rotatable bonds is 5. The van der Waals surface area contributed by atoms with Crippen molar-refractivity contribution in [3.05, 3.63) is 12.3 Å². The average Bonchev–Trinajstić information content (AvgIpc) is 2.37. The highest BCUT2D eigenvalue weighted by Crippen LogP contribution is 2.16. The molecular weight excluding hydrogens is 228 g/mol. The summed E-state index contributed by atoms with van der Waals surface area (Å²) in [4.78, 5) is 10.9. The van der Waals surface area contributed by atoms with Gasteiger partial charge in [-0.25, -0.2) is 4.98 Å². The highest BCUT2D eigenvalue weighted by molar-refractivity contribution is 5.27. The van der Waals surface area contributed by atoms with E-state index in [4.69, 9.17) is 4.74 Å². The third-order valence-corrected chi connectivity index (χ3v) is 3.19. The first-order valence-electron chi connectivity index (χ1n) is 6.66. The van der Waals surface area contributed by atoms with Gasteiger partial charge in [-0.05, 0) is 39.3 Å². The molecule has 0 bridgehead atoms. The normalized spacial score (nSPS) is 20.7. The molecule has 100 valence electrons. The number of nitrogens with zero attached hydrogens (tertiary/aromatic N) is 3. The lowest BCUT2D eigenvalue weighted by Gasteiger charge is -2.29. The summed E-state index contributed by atoms with van der Waals surface area (Å²) in [7, 11) is 2.18. The summed E-state index contributed by atoms with van der Waals surface area (Å²) in [5.41, 5.74) is 0. The highest BCUT2D eigenvalue weighted by atomic mass is 16.5. The minimum absolute atomic E-state index is 0.629. The van der Waals surface area contributed by atoms with Gasteiger partial charge in [0.1, 0.15) is 0 Å². The third-order valence-electron chi connectivity index (χ3n) is 3.19. The van der Waals surface area contributed by atoms with Crippen molar-refractivity contribution in [1.29, 1.82) is 0 Å². The molecule has 0 spiro atoms. The fourth-order valence-corrected chi connectivity index (χ4v) is 2.33. The number of nitrogens with one attached hydrogen (secondary N) is 1. The summed E-state index contributed by atoms with van der Waals surface area (Å²) in [6.45, 7) is 5.88. The van der Waals surface area contributed by atoms with Crippen LogP contribution in [0, 0.1) is 5.92 Å². The molecule has 1 saturated heterocycles. The second-order valence-electron chi connectivity index (χ2n) is 4.80. The second kappa shape index (κ2) is 6.54. The predicted octanol–water partition coefficient (Wildman–Crippen LogP) is 1.63. The van der Waals surface area contributed by atoms with Crippen molar-refractivity contribution in [2.75, 3.05) is 38.6 Å². The topological polar surface area (TPSA) is 50.3 Å². The van der Waals surface area contributed by atoms with E-state index in [1.165, 1.54) is 19.4 Å². The van der Waals surface area contributed by atoms with E-state index in [-0.39, 0.29) is 0 Å². The Hall–Kier alpha value is -1.36. The maximum absolute atomic E-state index is 5.36. The Kier molecular flexibility index (Phi) is 4.75. The lowest BCUT2D eigenvalue weighted by atomic mass is 9.99. The van der Waals surface area contributed by atoms with Gasteiger partial charge in [-0.3, -0.25) is 0 Å². The Balaban J connectivity index is 1.83. The minimum atomic E-state index is 0.629. The average molecular weight is 250 g/mol. The van der Waals surface area contributed by atoms with E-state index in [1.54, 1.807) is 12.3 Å². The second-order valence-corrected chi connectivity index (χ2v) is 4.80. The fraction of sp³-hybridized carbons (Fsp3) is 0.692. The molecule has 1 aromatic heterocycles. The maximum Gasteiger partial charge on any atom is 0.225 e. The number of hydrogen-bond donors (Lipinski definition) is 1. The van der Waals surface area contributed by atoms with Crippen LogP contribution in [0.2, 0.25) is 0 Å². The van der Waals surface area contributed by atoms with Gasteiger partial charge in [0.25, 0.3) is 0 Å². The van der Waals surface area contributed by atoms with Gasteiger partial charge >= 0.3 is 0 Å². The molecule has 1 aromatic rings. The van der Waals surface area contributed by atoms with E-state index in [9.17, 15) is 0 Å². The van der Waals surface area contributed by atoms with Crippen molar-refractivity contribution < 1.29 is 4.74 Å². The summed E-state index contributed by atoms with van der Waals surface area (Å²) in [6.07, 6.45) is 4.29. The van der Waals surface area contributed by atoms with Crippen molar-refractivity contribution in [3.8, 4) is 5.88 Å². The van der Waals surface area contributed by atoms with Crippen LogP contribution in [-0.4, -0.2) is 48.2 Å². The van der Waals surface area contributed by atoms with Crippen LogP contribution in [0.3, 0.4) is 0 Å². The van der Waals surface area contributed by atoms with E-state index in [0.29, 0.717) is 24.4 Å². The standard InChI is InChI=1S/C13H22N4O/c1-3-18-12-6-7-14-13(16-12)15-9-11-5-4-8-17(2)10-11/h6-7,11H,3-5,8-10H2,1-2H3,(H,14,15,16). The molecule has 2 rings (SSSR count). The fourth-order valence-electron chi connectivity index (χ4n) is 2.33. The molecule has 18 heavy (non-hydrogen) atoms. The van der Waals surface area contributed by atoms with Gasteiger partial charge in [-0.1, -0.05) is 0 Å². The molecule has 0 aliphatic carbocycles. The first-order chi connectivity index (χ1) is 8.78. The van der Waals surface area contributed by atoms with Crippen LogP contribution >= 0.6 is 0 Å². The Bertz CT molecular complexity index is 372. The number of hydrogen-bond acceptors (Lipinski definition) is 5. The Morgan fingerprint density at radius 1 is 1.56 bits per heavy atom. The van der Waals surface area contributed by atoms with Crippen LogP contribution in [0.5, 0.6) is 5.88 Å². The minimum Gasteiger partial charge on any atom is -0.478 e. The van der Waals surface area contributed by atoms with E-state index >= 15 is 0 Å². The zero-order chi connectivity index (χ0) is 12.8. The number of piperidine rings is 1. The van der Waals surface area contributed by atoms with E-state index in [0.717, 1.165) is 13.1 Å². The smallest absolute Gasteiger partial charge is 0.225 e. The van der Waals surface area contributed by atoms with E-state index in [1.807, 2.05) is 6.92 Å². The van der Waals surface area contributed by atoms with Crippen LogP contribution < -0.4 is 10.1 Å². The quantitative estimate of drug-likeness (QED) is 0.860. The molecule has 1 aliphatic heterocycles. The monoisotopic (exact) mass is 250 g/mol. The molecule has 5 heteroatoms. The summed E-state index contributed by atoms with van der Waals surface area (Å²) < 4.78 is 5.36. The zero-order valence-corrected chi connectivity index (χ0v) is 11.2. The van der Waals surface area contributed by atoms with Gasteiger partial charge in [0, 0.05) is 25.4 Å². The Morgan fingerprint density at radius 3 is 3.22 bits per heavy atom. The molecular formula is C13H22N4O. The molecule has 0 radical (unpaired) electrons. The highest BCUT2D eigenvalue weighted by Gasteiger charge is 2.17. The van der Waals surface area contributed by atoms with Crippen molar-refractivity contribution in [3.63, 3.8) is 0 Å². The van der Waals surface area contributed by atoms with Gasteiger partial charge in [0.2, 0.25) is 11.8 Å². The van der Waals surface area contributed by atoms with Crippen LogP contribution in [0.1, 0.15) is 19.8 Å². The van der Waals surface area contributed by atoms with Crippen molar-refractivity contribution in [2.45, 2.75) is 19.8 Å². The molecule has 1 atom stereocenters. The third kappa shape index (κ3) is 3.84. The van der Waals surface area contributed by atoms with Gasteiger partial charge in [-0.15, -0.1) is 0 Å². The first-order valence-corrected chi connectivity index (χ1v) is 6.66. The predicted molar refractivity (Wildman–Crippen MR) is 71.9 cm³/mol. The molecule has 5 nitrogen and oxygen atoms in total. The summed E-state index contributed by atoms with van der Waals surface area (Å²) in [5, 5.41) is 3.30. The number of anilines is 1. The zero-order valence-electron chi connectivity index (χ0n) is 11.2. The summed E-state index contributed by atoms with van der Waals surface area (Å²) in [5.74, 6) is 1.98. The molecule has 1 unspecified atom stereocenters. The van der Waals surface area contributed by atoms with E-state index < -0.39 is 0 Å². The number of aromatic nitrogens is 2. The van der Waals surface area contributed by atoms with E-state index in [2.05, 4.69) is 27.2 Å². The van der Waals surface area contributed by atoms with Crippen LogP contribution in [0.4, 0.5) is 5.95 Å². The molecule has 0 amide bonds. The molecule has 0 aromatic carbocycles. The van der Waals surface area contributed by atoms with Gasteiger partial charge in [0.15, 0.2) is 0 Å². The Morgan fingerprint density at radius 2 is 2.44 bits per heavy atom. The lowest BCUT2D eigenvalue weighted by molar-refractivity contribution is 0.217. The van der Waals surface area contributed by atoms with Gasteiger partial charge < -0.3 is 15.0 Å². The van der Waals surface area contributed by atoms with Crippen molar-refractivity contribution in [1.82, 2.24) is 14.9 Å². The molecule has 1 fully saturated rings. The van der Waals surface area contributed by atoms with Crippen LogP contribution in [-0.2, 0) is 0 Å². The largest absolute Gasteiger partial charge is 0.478 e. The van der Waals surface area contributed by atoms with Gasteiger partial charge in [0.05, 0.1) is 6.61 Å². The van der Waals surface area contributed by atoms with Gasteiger partial charge in [-0.2, -0.15) is 4.98 Å². The molecule has 1 aliphatic rings. The Labute approximate surface area is 109 Å². The first kappa shape index (κ1) is 13.1. The molecule has 0 saturated carbocycles. The van der Waals surface area contributed by atoms with Crippen molar-refractivity contribution in [2.24, 2.45) is 5.92 Å². The van der Waals surface area contributed by atoms with Crippen molar-refractivity contribution >= 4 is 5.95 Å². The maximum atomic E-state index is 5.36. The lowest BCUT2D eigenvalue weighted by Crippen LogP contribution is -2.35. The summed E-state index contributed by atoms with van der Waals surface area (Å²) in [6, 6.07) is 1.78. The summed E-state index contributed by atoms with van der Waals surface area (Å²) >= 11 is 0. The number of ether oxygens (including phenoxy) is 1. The number of likely N-dealkylation sites (tertiary alicyclic amines) is 1. The SMILES string of the molecule is CCOc1ccnc(NCC2CCCN(C)C2)n1. The molecule has 1 N–H and O–H groups in total. The van der Waals surface area contributed by atoms with Crippen LogP contribution in [0.15, 0.2) is 12.3 Å².